The number of hydrogen-bond acceptors (Lipinski definition) is 3. The van der Waals surface area contributed by atoms with E-state index < -0.39 is 0 Å². The average molecular weight is 259 g/mol. The van der Waals surface area contributed by atoms with E-state index in [0.29, 0.717) is 0 Å². The fourth-order valence-corrected chi connectivity index (χ4v) is 1.93. The van der Waals surface area contributed by atoms with E-state index in [1.165, 1.54) is 5.56 Å². The summed E-state index contributed by atoms with van der Waals surface area (Å²) >= 11 is 0. The number of nitrogens with one attached hydrogen (secondary N) is 1. The Bertz CT molecular complexity index is 467. The van der Waals surface area contributed by atoms with Crippen LogP contribution in [0.1, 0.15) is 11.3 Å². The van der Waals surface area contributed by atoms with Crippen LogP contribution in [0, 0.1) is 0 Å². The van der Waals surface area contributed by atoms with Gasteiger partial charge in [-0.2, -0.15) is 0 Å². The Kier molecular flexibility index (Phi) is 5.59. The van der Waals surface area contributed by atoms with Crippen molar-refractivity contribution in [2.75, 3.05) is 20.3 Å². The summed E-state index contributed by atoms with van der Waals surface area (Å²) in [6, 6.07) is 8.20. The average Bonchev–Trinajstić information content (AvgIpc) is 2.91. The van der Waals surface area contributed by atoms with Crippen molar-refractivity contribution >= 4 is 0 Å². The van der Waals surface area contributed by atoms with E-state index in [4.69, 9.17) is 4.74 Å². The molecule has 4 heteroatoms. The van der Waals surface area contributed by atoms with Gasteiger partial charge in [-0.3, -0.25) is 4.98 Å². The Morgan fingerprint density at radius 1 is 1.32 bits per heavy atom. The second-order valence-corrected chi connectivity index (χ2v) is 4.50. The van der Waals surface area contributed by atoms with E-state index >= 15 is 0 Å². The van der Waals surface area contributed by atoms with E-state index in [1.807, 2.05) is 18.3 Å². The standard InChI is InChI=1S/C15H21N3O/c1-19-11-8-16-12-14-5-9-18(13-14)10-6-15-4-2-3-7-17-15/h2-5,7,9,13,16H,6,8,10-12H2,1H3. The summed E-state index contributed by atoms with van der Waals surface area (Å²) in [6.45, 7) is 3.49. The largest absolute Gasteiger partial charge is 0.383 e. The Morgan fingerprint density at radius 3 is 3.05 bits per heavy atom. The molecule has 0 spiro atoms. The second kappa shape index (κ2) is 7.71. The highest BCUT2D eigenvalue weighted by Crippen LogP contribution is 2.03. The number of methoxy groups -OCH3 is 1. The van der Waals surface area contributed by atoms with Crippen LogP contribution in [-0.2, 0) is 24.2 Å². The molecule has 2 aromatic heterocycles. The van der Waals surface area contributed by atoms with Gasteiger partial charge in [-0.25, -0.2) is 0 Å². The SMILES string of the molecule is COCCNCc1ccn(CCc2ccccn2)c1. The molecular weight excluding hydrogens is 238 g/mol. The van der Waals surface area contributed by atoms with Crippen molar-refractivity contribution in [3.8, 4) is 0 Å². The molecule has 0 aromatic carbocycles. The van der Waals surface area contributed by atoms with Gasteiger partial charge in [-0.05, 0) is 23.8 Å². The van der Waals surface area contributed by atoms with Gasteiger partial charge in [0.05, 0.1) is 6.61 Å². The van der Waals surface area contributed by atoms with Gasteiger partial charge in [0.15, 0.2) is 0 Å². The van der Waals surface area contributed by atoms with E-state index in [-0.39, 0.29) is 0 Å². The zero-order valence-corrected chi connectivity index (χ0v) is 11.4. The third kappa shape index (κ3) is 4.85. The molecule has 0 bridgehead atoms. The lowest BCUT2D eigenvalue weighted by atomic mass is 10.3. The van der Waals surface area contributed by atoms with E-state index in [1.54, 1.807) is 7.11 Å². The Morgan fingerprint density at radius 2 is 2.26 bits per heavy atom. The number of hydrogen-bond donors (Lipinski definition) is 1. The molecule has 2 heterocycles. The number of nitrogens with zero attached hydrogens (tertiary/aromatic N) is 2. The van der Waals surface area contributed by atoms with Gasteiger partial charge in [-0.15, -0.1) is 0 Å². The van der Waals surface area contributed by atoms with Gasteiger partial charge in [0.25, 0.3) is 0 Å². The van der Waals surface area contributed by atoms with E-state index in [2.05, 4.69) is 39.4 Å². The van der Waals surface area contributed by atoms with Crippen LogP contribution in [-0.4, -0.2) is 29.8 Å². The van der Waals surface area contributed by atoms with Crippen molar-refractivity contribution in [1.29, 1.82) is 0 Å². The fraction of sp³-hybridized carbons (Fsp3) is 0.400. The molecule has 0 radical (unpaired) electrons. The number of rotatable bonds is 8. The summed E-state index contributed by atoms with van der Waals surface area (Å²) in [5.41, 5.74) is 2.44. The van der Waals surface area contributed by atoms with E-state index in [9.17, 15) is 0 Å². The maximum Gasteiger partial charge on any atom is 0.0587 e. The molecule has 2 rings (SSSR count). The first-order valence-electron chi connectivity index (χ1n) is 6.62. The molecule has 0 atom stereocenters. The molecule has 0 fully saturated rings. The molecule has 2 aromatic rings. The molecule has 19 heavy (non-hydrogen) atoms. The Balaban J connectivity index is 1.74. The maximum absolute atomic E-state index is 5.00. The smallest absolute Gasteiger partial charge is 0.0587 e. The topological polar surface area (TPSA) is 39.1 Å². The first kappa shape index (κ1) is 13.8. The van der Waals surface area contributed by atoms with Crippen molar-refractivity contribution < 1.29 is 4.74 Å². The van der Waals surface area contributed by atoms with Crippen LogP contribution in [0.3, 0.4) is 0 Å². The zero-order chi connectivity index (χ0) is 13.3. The molecule has 0 aliphatic rings. The van der Waals surface area contributed by atoms with Gasteiger partial charge < -0.3 is 14.6 Å². The second-order valence-electron chi connectivity index (χ2n) is 4.50. The van der Waals surface area contributed by atoms with Crippen molar-refractivity contribution in [3.63, 3.8) is 0 Å². The van der Waals surface area contributed by atoms with Gasteiger partial charge >= 0.3 is 0 Å². The van der Waals surface area contributed by atoms with Gasteiger partial charge in [0.1, 0.15) is 0 Å². The quantitative estimate of drug-likeness (QED) is 0.736. The summed E-state index contributed by atoms with van der Waals surface area (Å²) < 4.78 is 7.21. The van der Waals surface area contributed by atoms with Crippen molar-refractivity contribution in [2.45, 2.75) is 19.5 Å². The first-order valence-corrected chi connectivity index (χ1v) is 6.62. The van der Waals surface area contributed by atoms with Crippen molar-refractivity contribution in [1.82, 2.24) is 14.9 Å². The normalized spacial score (nSPS) is 10.8. The summed E-state index contributed by atoms with van der Waals surface area (Å²) in [5, 5.41) is 3.34. The summed E-state index contributed by atoms with van der Waals surface area (Å²) in [6.07, 6.45) is 7.11. The third-order valence-electron chi connectivity index (χ3n) is 2.98. The fourth-order valence-electron chi connectivity index (χ4n) is 1.93. The first-order chi connectivity index (χ1) is 9.38. The minimum atomic E-state index is 0.750. The number of aromatic nitrogens is 2. The molecule has 0 amide bonds. The van der Waals surface area contributed by atoms with Crippen LogP contribution in [0.4, 0.5) is 0 Å². The lowest BCUT2D eigenvalue weighted by Gasteiger charge is -2.03. The van der Waals surface area contributed by atoms with Gasteiger partial charge in [0.2, 0.25) is 0 Å². The number of aryl methyl sites for hydroxylation is 2. The van der Waals surface area contributed by atoms with Crippen LogP contribution in [0.2, 0.25) is 0 Å². The lowest BCUT2D eigenvalue weighted by Crippen LogP contribution is -2.18. The molecule has 0 aliphatic carbocycles. The third-order valence-corrected chi connectivity index (χ3v) is 2.98. The summed E-state index contributed by atoms with van der Waals surface area (Å²) in [5.74, 6) is 0. The zero-order valence-electron chi connectivity index (χ0n) is 11.4. The predicted octanol–water partition coefficient (Wildman–Crippen LogP) is 1.86. The molecule has 0 aliphatic heterocycles. The molecule has 4 nitrogen and oxygen atoms in total. The van der Waals surface area contributed by atoms with E-state index in [0.717, 1.165) is 38.4 Å². The van der Waals surface area contributed by atoms with Crippen LogP contribution in [0.15, 0.2) is 42.9 Å². The van der Waals surface area contributed by atoms with Crippen LogP contribution >= 0.6 is 0 Å². The Labute approximate surface area is 114 Å². The highest BCUT2D eigenvalue weighted by Gasteiger charge is 1.98. The summed E-state index contributed by atoms with van der Waals surface area (Å²) in [4.78, 5) is 4.33. The van der Waals surface area contributed by atoms with Crippen LogP contribution in [0.25, 0.3) is 0 Å². The minimum Gasteiger partial charge on any atom is -0.383 e. The number of ether oxygens (including phenoxy) is 1. The molecular formula is C15H21N3O. The summed E-state index contributed by atoms with van der Waals surface area (Å²) in [7, 11) is 1.72. The Hall–Kier alpha value is -1.65. The molecule has 1 N–H and O–H groups in total. The minimum absolute atomic E-state index is 0.750. The van der Waals surface area contributed by atoms with Crippen molar-refractivity contribution in [3.05, 3.63) is 54.1 Å². The highest BCUT2D eigenvalue weighted by molar-refractivity contribution is 5.10. The monoisotopic (exact) mass is 259 g/mol. The number of pyridine rings is 1. The molecule has 0 saturated carbocycles. The van der Waals surface area contributed by atoms with Crippen LogP contribution < -0.4 is 5.32 Å². The molecule has 0 saturated heterocycles. The van der Waals surface area contributed by atoms with Gasteiger partial charge in [0, 0.05) is 57.4 Å². The van der Waals surface area contributed by atoms with Gasteiger partial charge in [-0.1, -0.05) is 6.07 Å². The molecule has 102 valence electrons. The molecule has 0 unspecified atom stereocenters. The van der Waals surface area contributed by atoms with Crippen molar-refractivity contribution in [2.24, 2.45) is 0 Å². The van der Waals surface area contributed by atoms with Crippen LogP contribution in [0.5, 0.6) is 0 Å². The lowest BCUT2D eigenvalue weighted by molar-refractivity contribution is 0.199. The predicted molar refractivity (Wildman–Crippen MR) is 76.0 cm³/mol. The highest BCUT2D eigenvalue weighted by atomic mass is 16.5. The maximum atomic E-state index is 5.00.